The molecule has 0 amide bonds. The van der Waals surface area contributed by atoms with E-state index in [0.717, 1.165) is 0 Å². The minimum Gasteiger partial charge on any atom is -0.489 e. The summed E-state index contributed by atoms with van der Waals surface area (Å²) in [5, 5.41) is 3.21. The molecule has 1 aliphatic heterocycles. The molecule has 0 radical (unpaired) electrons. The molecule has 6 nitrogen and oxygen atoms in total. The molecule has 0 aromatic heterocycles. The van der Waals surface area contributed by atoms with Gasteiger partial charge in [-0.05, 0) is 39.8 Å². The zero-order valence-electron chi connectivity index (χ0n) is 15.8. The number of ether oxygens (including phenoxy) is 1. The molecule has 8 heteroatoms. The average molecular weight is 386 g/mol. The Balaban J connectivity index is 2.04. The highest BCUT2D eigenvalue weighted by Crippen LogP contribution is 2.23. The van der Waals surface area contributed by atoms with Crippen LogP contribution in [-0.4, -0.2) is 62.1 Å². The smallest absolute Gasteiger partial charge is 0.194 e. The lowest BCUT2D eigenvalue weighted by Crippen LogP contribution is -2.57. The van der Waals surface area contributed by atoms with Crippen LogP contribution in [0.15, 0.2) is 29.3 Å². The Labute approximate surface area is 155 Å². The molecule has 1 fully saturated rings. The van der Waals surface area contributed by atoms with Gasteiger partial charge in [-0.1, -0.05) is 6.07 Å². The van der Waals surface area contributed by atoms with Gasteiger partial charge in [0.1, 0.15) is 17.7 Å². The standard InChI is InChI=1S/C18H28FN3O3S/c1-5-20-17(22-9-10-26(23,24)18(3,4)13-22)21-12-14(2)25-16-8-6-7-15(19)11-16/h6-8,11,14H,5,9-10,12-13H2,1-4H3,(H,20,21). The molecule has 1 unspecified atom stereocenters. The number of nitrogens with zero attached hydrogens (tertiary/aromatic N) is 2. The molecule has 26 heavy (non-hydrogen) atoms. The van der Waals surface area contributed by atoms with Crippen molar-refractivity contribution in [3.63, 3.8) is 0 Å². The highest BCUT2D eigenvalue weighted by atomic mass is 32.2. The van der Waals surface area contributed by atoms with E-state index < -0.39 is 14.6 Å². The van der Waals surface area contributed by atoms with E-state index in [9.17, 15) is 12.8 Å². The molecular formula is C18H28FN3O3S. The van der Waals surface area contributed by atoms with Crippen LogP contribution < -0.4 is 10.1 Å². The number of halogens is 1. The first-order valence-electron chi connectivity index (χ1n) is 8.82. The number of rotatable bonds is 5. The fraction of sp³-hybridized carbons (Fsp3) is 0.611. The van der Waals surface area contributed by atoms with E-state index in [0.29, 0.717) is 37.9 Å². The van der Waals surface area contributed by atoms with Gasteiger partial charge in [0.2, 0.25) is 0 Å². The maximum absolute atomic E-state index is 13.2. The van der Waals surface area contributed by atoms with E-state index in [1.807, 2.05) is 18.7 Å². The minimum atomic E-state index is -3.10. The highest BCUT2D eigenvalue weighted by molar-refractivity contribution is 7.92. The molecule has 1 aliphatic rings. The van der Waals surface area contributed by atoms with E-state index in [2.05, 4.69) is 10.3 Å². The molecule has 0 aliphatic carbocycles. The largest absolute Gasteiger partial charge is 0.489 e. The molecule has 0 saturated carbocycles. The lowest BCUT2D eigenvalue weighted by Gasteiger charge is -2.39. The minimum absolute atomic E-state index is 0.111. The number of guanidine groups is 1. The molecule has 0 bridgehead atoms. The molecule has 2 rings (SSSR count). The summed E-state index contributed by atoms with van der Waals surface area (Å²) in [5.41, 5.74) is 0. The van der Waals surface area contributed by atoms with Gasteiger partial charge in [-0.2, -0.15) is 0 Å². The predicted molar refractivity (Wildman–Crippen MR) is 102 cm³/mol. The van der Waals surface area contributed by atoms with Gasteiger partial charge >= 0.3 is 0 Å². The first-order valence-corrected chi connectivity index (χ1v) is 10.5. The van der Waals surface area contributed by atoms with E-state index in [-0.39, 0.29) is 17.7 Å². The number of aliphatic imine (C=N–C) groups is 1. The van der Waals surface area contributed by atoms with Gasteiger partial charge < -0.3 is 15.0 Å². The maximum Gasteiger partial charge on any atom is 0.194 e. The van der Waals surface area contributed by atoms with Crippen molar-refractivity contribution in [2.75, 3.05) is 31.9 Å². The van der Waals surface area contributed by atoms with Gasteiger partial charge in [0.15, 0.2) is 15.8 Å². The van der Waals surface area contributed by atoms with Crippen LogP contribution in [0.4, 0.5) is 4.39 Å². The van der Waals surface area contributed by atoms with E-state index in [1.165, 1.54) is 12.1 Å². The van der Waals surface area contributed by atoms with Crippen LogP contribution in [0.2, 0.25) is 0 Å². The summed E-state index contributed by atoms with van der Waals surface area (Å²) < 4.78 is 42.5. The van der Waals surface area contributed by atoms with Crippen LogP contribution in [0.1, 0.15) is 27.7 Å². The van der Waals surface area contributed by atoms with Crippen molar-refractivity contribution in [3.05, 3.63) is 30.1 Å². The summed E-state index contributed by atoms with van der Waals surface area (Å²) >= 11 is 0. The molecule has 1 aromatic rings. The summed E-state index contributed by atoms with van der Waals surface area (Å²) in [5.74, 6) is 0.899. The Morgan fingerprint density at radius 2 is 2.19 bits per heavy atom. The van der Waals surface area contributed by atoms with Gasteiger partial charge in [-0.15, -0.1) is 0 Å². The Bertz CT molecular complexity index is 750. The number of sulfone groups is 1. The van der Waals surface area contributed by atoms with E-state index >= 15 is 0 Å². The Morgan fingerprint density at radius 3 is 2.81 bits per heavy atom. The van der Waals surface area contributed by atoms with Gasteiger partial charge in [-0.25, -0.2) is 17.8 Å². The summed E-state index contributed by atoms with van der Waals surface area (Å²) in [6.07, 6.45) is -0.244. The Hall–Kier alpha value is -1.83. The second-order valence-electron chi connectivity index (χ2n) is 7.08. The fourth-order valence-electron chi connectivity index (χ4n) is 2.78. The third-order valence-electron chi connectivity index (χ3n) is 4.31. The average Bonchev–Trinajstić information content (AvgIpc) is 2.54. The zero-order valence-corrected chi connectivity index (χ0v) is 16.6. The first kappa shape index (κ1) is 20.5. The number of nitrogens with one attached hydrogen (secondary N) is 1. The normalized spacial score (nSPS) is 20.5. The molecule has 146 valence electrons. The fourth-order valence-corrected chi connectivity index (χ4v) is 4.14. The van der Waals surface area contributed by atoms with Crippen LogP contribution in [0.25, 0.3) is 0 Å². The molecule has 1 heterocycles. The van der Waals surface area contributed by atoms with Crippen molar-refractivity contribution in [2.24, 2.45) is 4.99 Å². The third-order valence-corrected chi connectivity index (χ3v) is 6.84. The summed E-state index contributed by atoms with van der Waals surface area (Å²) in [6.45, 7) is 9.18. The van der Waals surface area contributed by atoms with Crippen LogP contribution in [-0.2, 0) is 9.84 Å². The van der Waals surface area contributed by atoms with Crippen molar-refractivity contribution in [3.8, 4) is 5.75 Å². The molecular weight excluding hydrogens is 357 g/mol. The Morgan fingerprint density at radius 1 is 1.46 bits per heavy atom. The van der Waals surface area contributed by atoms with Gasteiger partial charge in [0.25, 0.3) is 0 Å². The molecule has 1 atom stereocenters. The van der Waals surface area contributed by atoms with Crippen LogP contribution in [0, 0.1) is 5.82 Å². The lowest BCUT2D eigenvalue weighted by atomic mass is 10.2. The summed E-state index contributed by atoms with van der Waals surface area (Å²) in [6, 6.07) is 6.00. The van der Waals surface area contributed by atoms with Crippen molar-refractivity contribution < 1.29 is 17.5 Å². The number of hydrogen-bond donors (Lipinski definition) is 1. The van der Waals surface area contributed by atoms with Crippen molar-refractivity contribution in [1.29, 1.82) is 0 Å². The lowest BCUT2D eigenvalue weighted by molar-refractivity contribution is 0.228. The summed E-state index contributed by atoms with van der Waals surface area (Å²) in [7, 11) is -3.10. The van der Waals surface area contributed by atoms with E-state index in [4.69, 9.17) is 4.74 Å². The Kier molecular flexibility index (Phi) is 6.49. The van der Waals surface area contributed by atoms with Crippen LogP contribution in [0.3, 0.4) is 0 Å². The van der Waals surface area contributed by atoms with Gasteiger partial charge in [0.05, 0.1) is 17.0 Å². The second kappa shape index (κ2) is 8.24. The second-order valence-corrected chi connectivity index (χ2v) is 9.82. The SMILES string of the molecule is CCNC(=NCC(C)Oc1cccc(F)c1)N1CCS(=O)(=O)C(C)(C)C1. The van der Waals surface area contributed by atoms with Crippen LogP contribution >= 0.6 is 0 Å². The summed E-state index contributed by atoms with van der Waals surface area (Å²) in [4.78, 5) is 6.56. The maximum atomic E-state index is 13.2. The van der Waals surface area contributed by atoms with Gasteiger partial charge in [-0.3, -0.25) is 0 Å². The molecule has 1 N–H and O–H groups in total. The van der Waals surface area contributed by atoms with Crippen molar-refractivity contribution >= 4 is 15.8 Å². The monoisotopic (exact) mass is 385 g/mol. The quantitative estimate of drug-likeness (QED) is 0.621. The first-order chi connectivity index (χ1) is 12.1. The topological polar surface area (TPSA) is 71.0 Å². The zero-order chi connectivity index (χ0) is 19.4. The highest BCUT2D eigenvalue weighted by Gasteiger charge is 2.40. The predicted octanol–water partition coefficient (Wildman–Crippen LogP) is 2.07. The molecule has 0 spiro atoms. The van der Waals surface area contributed by atoms with E-state index in [1.54, 1.807) is 26.0 Å². The molecule has 1 saturated heterocycles. The van der Waals surface area contributed by atoms with Crippen molar-refractivity contribution in [1.82, 2.24) is 10.2 Å². The molecule has 1 aromatic carbocycles. The third kappa shape index (κ3) is 5.09. The van der Waals surface area contributed by atoms with Crippen LogP contribution in [0.5, 0.6) is 5.75 Å². The number of benzene rings is 1. The van der Waals surface area contributed by atoms with Crippen molar-refractivity contribution in [2.45, 2.75) is 38.5 Å². The number of hydrogen-bond acceptors (Lipinski definition) is 4. The van der Waals surface area contributed by atoms with Gasteiger partial charge in [0, 0.05) is 25.7 Å².